The van der Waals surface area contributed by atoms with Gasteiger partial charge in [-0.3, -0.25) is 4.79 Å². The highest BCUT2D eigenvalue weighted by Gasteiger charge is 2.21. The number of nitrogens with zero attached hydrogens (tertiary/aromatic N) is 1. The van der Waals surface area contributed by atoms with Gasteiger partial charge in [-0.05, 0) is 12.0 Å². The lowest BCUT2D eigenvalue weighted by Gasteiger charge is -2.30. The molecule has 1 saturated heterocycles. The molecule has 0 aromatic heterocycles. The summed E-state index contributed by atoms with van der Waals surface area (Å²) >= 11 is 0. The fraction of sp³-hybridized carbons (Fsp3) is 0.417. The van der Waals surface area contributed by atoms with Gasteiger partial charge in [-0.1, -0.05) is 30.3 Å². The lowest BCUT2D eigenvalue weighted by atomic mass is 10.0. The minimum absolute atomic E-state index is 0.180. The van der Waals surface area contributed by atoms with Crippen LogP contribution in [-0.4, -0.2) is 37.0 Å². The van der Waals surface area contributed by atoms with Crippen LogP contribution >= 0.6 is 0 Å². The number of rotatable bonds is 2. The molecule has 1 unspecified atom stereocenters. The summed E-state index contributed by atoms with van der Waals surface area (Å²) in [6.45, 7) is 1.27. The second kappa shape index (κ2) is 4.45. The lowest BCUT2D eigenvalue weighted by Crippen LogP contribution is -2.53. The molecule has 1 aliphatic heterocycles. The fourth-order valence-electron chi connectivity index (χ4n) is 1.90. The van der Waals surface area contributed by atoms with Gasteiger partial charge in [0.15, 0.2) is 0 Å². The first-order chi connectivity index (χ1) is 7.25. The van der Waals surface area contributed by atoms with Gasteiger partial charge in [0.2, 0.25) is 5.91 Å². The molecule has 1 fully saturated rings. The summed E-state index contributed by atoms with van der Waals surface area (Å²) in [6.07, 6.45) is 0.985. The SMILES string of the molecule is CN1CC(Cc2ccccc2)NCC1=O. The van der Waals surface area contributed by atoms with E-state index in [1.807, 2.05) is 25.2 Å². The van der Waals surface area contributed by atoms with E-state index in [9.17, 15) is 4.79 Å². The molecule has 1 aromatic carbocycles. The second-order valence-electron chi connectivity index (χ2n) is 4.04. The smallest absolute Gasteiger partial charge is 0.236 e. The van der Waals surface area contributed by atoms with Crippen molar-refractivity contribution < 1.29 is 4.79 Å². The number of amides is 1. The van der Waals surface area contributed by atoms with E-state index in [4.69, 9.17) is 0 Å². The first kappa shape index (κ1) is 10.2. The van der Waals surface area contributed by atoms with Crippen LogP contribution in [0.1, 0.15) is 5.56 Å². The highest BCUT2D eigenvalue weighted by Crippen LogP contribution is 2.06. The molecule has 0 saturated carbocycles. The van der Waals surface area contributed by atoms with Crippen molar-refractivity contribution in [3.8, 4) is 0 Å². The van der Waals surface area contributed by atoms with E-state index >= 15 is 0 Å². The van der Waals surface area contributed by atoms with Gasteiger partial charge in [-0.15, -0.1) is 0 Å². The van der Waals surface area contributed by atoms with Crippen molar-refractivity contribution >= 4 is 5.91 Å². The summed E-state index contributed by atoms with van der Waals surface area (Å²) in [5, 5.41) is 3.26. The number of nitrogens with one attached hydrogen (secondary N) is 1. The Morgan fingerprint density at radius 3 is 2.80 bits per heavy atom. The summed E-state index contributed by atoms with van der Waals surface area (Å²) in [5.74, 6) is 0.180. The summed E-state index contributed by atoms with van der Waals surface area (Å²) in [6, 6.07) is 10.7. The zero-order chi connectivity index (χ0) is 10.7. The van der Waals surface area contributed by atoms with Crippen molar-refractivity contribution in [1.29, 1.82) is 0 Å². The molecule has 15 heavy (non-hydrogen) atoms. The highest BCUT2D eigenvalue weighted by molar-refractivity contribution is 5.78. The predicted octanol–water partition coefficient (Wildman–Crippen LogP) is 0.659. The van der Waals surface area contributed by atoms with Crippen LogP contribution in [0.5, 0.6) is 0 Å². The van der Waals surface area contributed by atoms with Crippen LogP contribution in [0, 0.1) is 0 Å². The highest BCUT2D eigenvalue weighted by atomic mass is 16.2. The van der Waals surface area contributed by atoms with Crippen molar-refractivity contribution in [2.24, 2.45) is 0 Å². The molecule has 0 bridgehead atoms. The molecule has 0 aliphatic carbocycles. The Labute approximate surface area is 90.1 Å². The molecular weight excluding hydrogens is 188 g/mol. The molecule has 2 rings (SSSR count). The van der Waals surface area contributed by atoms with E-state index in [-0.39, 0.29) is 5.91 Å². The number of carbonyl (C=O) groups excluding carboxylic acids is 1. The van der Waals surface area contributed by atoms with Crippen molar-refractivity contribution in [2.75, 3.05) is 20.1 Å². The van der Waals surface area contributed by atoms with Gasteiger partial charge in [0.1, 0.15) is 0 Å². The number of carbonyl (C=O) groups is 1. The number of piperazine rings is 1. The minimum Gasteiger partial charge on any atom is -0.343 e. The standard InChI is InChI=1S/C12H16N2O/c1-14-9-11(13-8-12(14)15)7-10-5-3-2-4-6-10/h2-6,11,13H,7-9H2,1H3. The van der Waals surface area contributed by atoms with Crippen LogP contribution in [0.25, 0.3) is 0 Å². The molecule has 0 spiro atoms. The largest absolute Gasteiger partial charge is 0.343 e. The first-order valence-electron chi connectivity index (χ1n) is 5.27. The first-order valence-corrected chi connectivity index (χ1v) is 5.27. The number of benzene rings is 1. The van der Waals surface area contributed by atoms with E-state index in [1.165, 1.54) is 5.56 Å². The van der Waals surface area contributed by atoms with E-state index in [0.717, 1.165) is 13.0 Å². The van der Waals surface area contributed by atoms with Gasteiger partial charge in [0.25, 0.3) is 0 Å². The zero-order valence-corrected chi connectivity index (χ0v) is 8.94. The third kappa shape index (κ3) is 2.57. The molecule has 1 heterocycles. The normalized spacial score (nSPS) is 21.8. The molecule has 1 N–H and O–H groups in total. The molecular formula is C12H16N2O. The van der Waals surface area contributed by atoms with Gasteiger partial charge >= 0.3 is 0 Å². The molecule has 1 aromatic rings. The van der Waals surface area contributed by atoms with Crippen LogP contribution in [0.15, 0.2) is 30.3 Å². The van der Waals surface area contributed by atoms with Crippen LogP contribution < -0.4 is 5.32 Å². The minimum atomic E-state index is 0.180. The summed E-state index contributed by atoms with van der Waals surface area (Å²) in [7, 11) is 1.86. The third-order valence-electron chi connectivity index (χ3n) is 2.79. The number of likely N-dealkylation sites (N-methyl/N-ethyl adjacent to an activating group) is 1. The Hall–Kier alpha value is -1.35. The maximum Gasteiger partial charge on any atom is 0.236 e. The molecule has 1 amide bonds. The average Bonchev–Trinajstić information content (AvgIpc) is 2.25. The maximum atomic E-state index is 11.3. The summed E-state index contributed by atoms with van der Waals surface area (Å²) in [4.78, 5) is 13.1. The van der Waals surface area contributed by atoms with Crippen LogP contribution in [-0.2, 0) is 11.2 Å². The molecule has 80 valence electrons. The predicted molar refractivity (Wildman–Crippen MR) is 59.6 cm³/mol. The topological polar surface area (TPSA) is 32.3 Å². The lowest BCUT2D eigenvalue weighted by molar-refractivity contribution is -0.131. The van der Waals surface area contributed by atoms with E-state index in [1.54, 1.807) is 4.90 Å². The Kier molecular flexibility index (Phi) is 3.02. The molecule has 3 nitrogen and oxygen atoms in total. The van der Waals surface area contributed by atoms with E-state index in [0.29, 0.717) is 12.6 Å². The zero-order valence-electron chi connectivity index (χ0n) is 8.94. The van der Waals surface area contributed by atoms with Crippen LogP contribution in [0.3, 0.4) is 0 Å². The molecule has 0 radical (unpaired) electrons. The van der Waals surface area contributed by atoms with Gasteiger partial charge in [-0.2, -0.15) is 0 Å². The van der Waals surface area contributed by atoms with Gasteiger partial charge in [-0.25, -0.2) is 0 Å². The number of hydrogen-bond acceptors (Lipinski definition) is 2. The van der Waals surface area contributed by atoms with Crippen LogP contribution in [0.2, 0.25) is 0 Å². The molecule has 1 aliphatic rings. The summed E-state index contributed by atoms with van der Waals surface area (Å²) in [5.41, 5.74) is 1.32. The maximum absolute atomic E-state index is 11.3. The van der Waals surface area contributed by atoms with E-state index in [2.05, 4.69) is 17.4 Å². The Balaban J connectivity index is 1.94. The fourth-order valence-corrected chi connectivity index (χ4v) is 1.90. The quantitative estimate of drug-likeness (QED) is 0.767. The van der Waals surface area contributed by atoms with Crippen molar-refractivity contribution in [2.45, 2.75) is 12.5 Å². The summed E-state index contributed by atoms with van der Waals surface area (Å²) < 4.78 is 0. The Morgan fingerprint density at radius 1 is 1.40 bits per heavy atom. The van der Waals surface area contributed by atoms with Crippen molar-refractivity contribution in [3.05, 3.63) is 35.9 Å². The van der Waals surface area contributed by atoms with Gasteiger partial charge in [0.05, 0.1) is 6.54 Å². The Morgan fingerprint density at radius 2 is 2.13 bits per heavy atom. The van der Waals surface area contributed by atoms with Crippen molar-refractivity contribution in [3.63, 3.8) is 0 Å². The van der Waals surface area contributed by atoms with Gasteiger partial charge < -0.3 is 10.2 Å². The average molecular weight is 204 g/mol. The molecule has 3 heteroatoms. The van der Waals surface area contributed by atoms with Crippen LogP contribution in [0.4, 0.5) is 0 Å². The number of hydrogen-bond donors (Lipinski definition) is 1. The second-order valence-corrected chi connectivity index (χ2v) is 4.04. The Bertz CT molecular complexity index is 337. The third-order valence-corrected chi connectivity index (χ3v) is 2.79. The van der Waals surface area contributed by atoms with Crippen molar-refractivity contribution in [1.82, 2.24) is 10.2 Å². The van der Waals surface area contributed by atoms with E-state index < -0.39 is 0 Å². The monoisotopic (exact) mass is 204 g/mol. The van der Waals surface area contributed by atoms with Gasteiger partial charge in [0, 0.05) is 19.6 Å². The molecule has 1 atom stereocenters.